The van der Waals surface area contributed by atoms with E-state index in [0.717, 1.165) is 32.7 Å². The average molecular weight is 433 g/mol. The summed E-state index contributed by atoms with van der Waals surface area (Å²) in [7, 11) is 5.09. The van der Waals surface area contributed by atoms with E-state index in [9.17, 15) is 13.6 Å². The molecule has 0 atom stereocenters. The lowest BCUT2D eigenvalue weighted by atomic mass is 10.3. The lowest BCUT2D eigenvalue weighted by Gasteiger charge is -2.36. The van der Waals surface area contributed by atoms with Crippen molar-refractivity contribution < 1.29 is 13.6 Å². The molecule has 0 spiro atoms. The van der Waals surface area contributed by atoms with E-state index in [1.165, 1.54) is 0 Å². The van der Waals surface area contributed by atoms with Crippen LogP contribution in [0.15, 0.2) is 4.99 Å². The Morgan fingerprint density at radius 1 is 1.27 bits per heavy atom. The van der Waals surface area contributed by atoms with Gasteiger partial charge in [-0.1, -0.05) is 0 Å². The molecule has 0 aromatic carbocycles. The number of halogens is 3. The van der Waals surface area contributed by atoms with Gasteiger partial charge in [-0.3, -0.25) is 14.7 Å². The Morgan fingerprint density at radius 2 is 1.86 bits per heavy atom. The first-order valence-electron chi connectivity index (χ1n) is 7.10. The monoisotopic (exact) mass is 433 g/mol. The lowest BCUT2D eigenvalue weighted by Crippen LogP contribution is -2.53. The fourth-order valence-corrected chi connectivity index (χ4v) is 2.16. The molecule has 1 amide bonds. The van der Waals surface area contributed by atoms with E-state index < -0.39 is 6.43 Å². The van der Waals surface area contributed by atoms with Crippen LogP contribution in [0.2, 0.25) is 0 Å². The maximum absolute atomic E-state index is 12.2. The molecule has 130 valence electrons. The predicted octanol–water partition coefficient (Wildman–Crippen LogP) is 0.541. The van der Waals surface area contributed by atoms with E-state index in [4.69, 9.17) is 0 Å². The van der Waals surface area contributed by atoms with Gasteiger partial charge in [0.05, 0.1) is 6.54 Å². The van der Waals surface area contributed by atoms with Crippen molar-refractivity contribution in [1.29, 1.82) is 0 Å². The topological polar surface area (TPSA) is 51.2 Å². The number of alkyl halides is 2. The molecule has 1 aliphatic heterocycles. The summed E-state index contributed by atoms with van der Waals surface area (Å²) < 4.78 is 24.4. The minimum Gasteiger partial charge on any atom is -0.351 e. The molecule has 0 radical (unpaired) electrons. The van der Waals surface area contributed by atoms with Crippen molar-refractivity contribution in [2.75, 3.05) is 60.4 Å². The summed E-state index contributed by atoms with van der Waals surface area (Å²) in [5.74, 6) is 0.631. The maximum atomic E-state index is 12.2. The van der Waals surface area contributed by atoms with E-state index in [0.29, 0.717) is 12.4 Å². The van der Waals surface area contributed by atoms with Gasteiger partial charge in [0.1, 0.15) is 0 Å². The highest BCUT2D eigenvalue weighted by Crippen LogP contribution is 2.04. The standard InChI is InChI=1S/C13H25F2N5O.HI/c1-16-13(17-10-11(14)15)20-8-6-19(7-9-20)5-4-12(21)18(2)3;/h11H,4-10H2,1-3H3,(H,16,17);1H. The molecule has 0 unspecified atom stereocenters. The highest BCUT2D eigenvalue weighted by molar-refractivity contribution is 14.0. The maximum Gasteiger partial charge on any atom is 0.255 e. The molecule has 1 saturated heterocycles. The van der Waals surface area contributed by atoms with E-state index in [1.807, 2.05) is 4.90 Å². The van der Waals surface area contributed by atoms with Gasteiger partial charge in [-0.05, 0) is 0 Å². The molecule has 1 rings (SSSR count). The van der Waals surface area contributed by atoms with Crippen LogP contribution in [0.1, 0.15) is 6.42 Å². The van der Waals surface area contributed by atoms with Gasteiger partial charge >= 0.3 is 0 Å². The molecule has 1 fully saturated rings. The fraction of sp³-hybridized carbons (Fsp3) is 0.846. The Balaban J connectivity index is 0.00000441. The number of nitrogens with one attached hydrogen (secondary N) is 1. The van der Waals surface area contributed by atoms with Crippen LogP contribution >= 0.6 is 24.0 Å². The molecule has 0 saturated carbocycles. The van der Waals surface area contributed by atoms with Crippen LogP contribution in [0, 0.1) is 0 Å². The highest BCUT2D eigenvalue weighted by Gasteiger charge is 2.20. The predicted molar refractivity (Wildman–Crippen MR) is 94.1 cm³/mol. The van der Waals surface area contributed by atoms with Crippen molar-refractivity contribution in [3.05, 3.63) is 0 Å². The van der Waals surface area contributed by atoms with Crippen molar-refractivity contribution in [2.24, 2.45) is 4.99 Å². The number of hydrogen-bond acceptors (Lipinski definition) is 3. The van der Waals surface area contributed by atoms with Crippen molar-refractivity contribution in [3.8, 4) is 0 Å². The van der Waals surface area contributed by atoms with Gasteiger partial charge in [0, 0.05) is 60.3 Å². The third kappa shape index (κ3) is 7.52. The Bertz CT molecular complexity index is 360. The quantitative estimate of drug-likeness (QED) is 0.391. The Morgan fingerprint density at radius 3 is 2.32 bits per heavy atom. The second-order valence-electron chi connectivity index (χ2n) is 5.19. The molecule has 0 aliphatic carbocycles. The van der Waals surface area contributed by atoms with Gasteiger partial charge in [0.15, 0.2) is 5.96 Å². The molecule has 0 aromatic heterocycles. The van der Waals surface area contributed by atoms with E-state index in [-0.39, 0.29) is 36.4 Å². The second kappa shape index (κ2) is 10.9. The number of aliphatic imine (C=N–C) groups is 1. The summed E-state index contributed by atoms with van der Waals surface area (Å²) >= 11 is 0. The summed E-state index contributed by atoms with van der Waals surface area (Å²) in [4.78, 5) is 21.3. The zero-order chi connectivity index (χ0) is 15.8. The molecule has 1 aliphatic rings. The third-order valence-corrected chi connectivity index (χ3v) is 3.44. The first kappa shape index (κ1) is 21.3. The number of carbonyl (C=O) groups excluding carboxylic acids is 1. The highest BCUT2D eigenvalue weighted by atomic mass is 127. The summed E-state index contributed by atoms with van der Waals surface area (Å²) in [5, 5.41) is 2.67. The van der Waals surface area contributed by atoms with E-state index in [1.54, 1.807) is 26.0 Å². The van der Waals surface area contributed by atoms with Gasteiger partial charge in [0.2, 0.25) is 5.91 Å². The molecule has 9 heteroatoms. The van der Waals surface area contributed by atoms with Gasteiger partial charge in [-0.15, -0.1) is 24.0 Å². The van der Waals surface area contributed by atoms with Gasteiger partial charge in [-0.25, -0.2) is 8.78 Å². The SMILES string of the molecule is CN=C(NCC(F)F)N1CCN(CCC(=O)N(C)C)CC1.I. The first-order chi connectivity index (χ1) is 9.93. The number of hydrogen-bond donors (Lipinski definition) is 1. The Kier molecular flexibility index (Phi) is 10.6. The molecule has 1 heterocycles. The van der Waals surface area contributed by atoms with E-state index >= 15 is 0 Å². The van der Waals surface area contributed by atoms with Crippen molar-refractivity contribution >= 4 is 35.8 Å². The molecule has 6 nitrogen and oxygen atoms in total. The number of carbonyl (C=O) groups is 1. The zero-order valence-corrected chi connectivity index (χ0v) is 15.7. The Labute approximate surface area is 147 Å². The number of rotatable bonds is 5. The van der Waals surface area contributed by atoms with Crippen LogP contribution in [-0.2, 0) is 4.79 Å². The number of amides is 1. The third-order valence-electron chi connectivity index (χ3n) is 3.44. The first-order valence-corrected chi connectivity index (χ1v) is 7.10. The molecular formula is C13H26F2IN5O. The van der Waals surface area contributed by atoms with Crippen LogP contribution in [0.4, 0.5) is 8.78 Å². The van der Waals surface area contributed by atoms with Crippen LogP contribution in [0.25, 0.3) is 0 Å². The van der Waals surface area contributed by atoms with Crippen molar-refractivity contribution in [1.82, 2.24) is 20.0 Å². The summed E-state index contributed by atoms with van der Waals surface area (Å²) in [6.45, 7) is 3.39. The minimum absolute atomic E-state index is 0. The van der Waals surface area contributed by atoms with Crippen molar-refractivity contribution in [2.45, 2.75) is 12.8 Å². The number of nitrogens with zero attached hydrogens (tertiary/aromatic N) is 4. The molecule has 22 heavy (non-hydrogen) atoms. The summed E-state index contributed by atoms with van der Waals surface area (Å²) in [6.07, 6.45) is -1.88. The van der Waals surface area contributed by atoms with Gasteiger partial charge in [-0.2, -0.15) is 0 Å². The molecule has 0 bridgehead atoms. The van der Waals surface area contributed by atoms with Crippen LogP contribution in [-0.4, -0.2) is 93.4 Å². The smallest absolute Gasteiger partial charge is 0.255 e. The Hall–Kier alpha value is -0.710. The van der Waals surface area contributed by atoms with Crippen LogP contribution in [0.5, 0.6) is 0 Å². The van der Waals surface area contributed by atoms with Gasteiger partial charge < -0.3 is 15.1 Å². The normalized spacial score (nSPS) is 16.5. The molecule has 0 aromatic rings. The van der Waals surface area contributed by atoms with E-state index in [2.05, 4.69) is 15.2 Å². The molecular weight excluding hydrogens is 407 g/mol. The largest absolute Gasteiger partial charge is 0.351 e. The second-order valence-corrected chi connectivity index (χ2v) is 5.19. The minimum atomic E-state index is -2.39. The summed E-state index contributed by atoms with van der Waals surface area (Å²) in [6, 6.07) is 0. The number of piperazine rings is 1. The van der Waals surface area contributed by atoms with Crippen LogP contribution in [0.3, 0.4) is 0 Å². The number of guanidine groups is 1. The fourth-order valence-electron chi connectivity index (χ4n) is 2.16. The van der Waals surface area contributed by atoms with Gasteiger partial charge in [0.25, 0.3) is 6.43 Å². The van der Waals surface area contributed by atoms with Crippen molar-refractivity contribution in [3.63, 3.8) is 0 Å². The molecule has 1 N–H and O–H groups in total. The average Bonchev–Trinajstić information content (AvgIpc) is 2.46. The lowest BCUT2D eigenvalue weighted by molar-refractivity contribution is -0.129. The summed E-state index contributed by atoms with van der Waals surface area (Å²) in [5.41, 5.74) is 0. The zero-order valence-electron chi connectivity index (χ0n) is 13.4. The van der Waals surface area contributed by atoms with Crippen LogP contribution < -0.4 is 5.32 Å².